The first-order valence-corrected chi connectivity index (χ1v) is 9.37. The molecule has 0 bridgehead atoms. The van der Waals surface area contributed by atoms with Gasteiger partial charge in [-0.15, -0.1) is 11.3 Å². The van der Waals surface area contributed by atoms with Crippen LogP contribution in [0.3, 0.4) is 0 Å². The van der Waals surface area contributed by atoms with Crippen molar-refractivity contribution >= 4 is 48.9 Å². The molecule has 112 valence electrons. The van der Waals surface area contributed by atoms with Crippen LogP contribution in [0.2, 0.25) is 0 Å². The van der Waals surface area contributed by atoms with Gasteiger partial charge in [-0.3, -0.25) is 0 Å². The third-order valence-corrected chi connectivity index (χ3v) is 6.06. The summed E-state index contributed by atoms with van der Waals surface area (Å²) in [5, 5.41) is 3.71. The van der Waals surface area contributed by atoms with Gasteiger partial charge in [-0.1, -0.05) is 15.9 Å². The summed E-state index contributed by atoms with van der Waals surface area (Å²) in [7, 11) is 1.72. The van der Waals surface area contributed by atoms with Gasteiger partial charge in [-0.25, -0.2) is 0 Å². The van der Waals surface area contributed by atoms with Crippen LogP contribution in [-0.2, 0) is 6.42 Å². The zero-order valence-electron chi connectivity index (χ0n) is 12.0. The molecule has 2 nitrogen and oxygen atoms in total. The molecular formula is C16H17Br2NOS. The summed E-state index contributed by atoms with van der Waals surface area (Å²) < 4.78 is 7.81. The topological polar surface area (TPSA) is 21.3 Å². The third kappa shape index (κ3) is 3.15. The fourth-order valence-corrected chi connectivity index (χ4v) is 5.27. The van der Waals surface area contributed by atoms with Crippen LogP contribution in [0, 0.1) is 6.92 Å². The van der Waals surface area contributed by atoms with Crippen LogP contribution in [0.15, 0.2) is 26.5 Å². The average molecular weight is 431 g/mol. The highest BCUT2D eigenvalue weighted by atomic mass is 79.9. The van der Waals surface area contributed by atoms with Gasteiger partial charge in [0.25, 0.3) is 0 Å². The van der Waals surface area contributed by atoms with Crippen LogP contribution in [0.1, 0.15) is 34.9 Å². The van der Waals surface area contributed by atoms with Crippen molar-refractivity contribution in [2.24, 2.45) is 0 Å². The normalized spacial score (nSPS) is 17.4. The molecule has 1 aromatic carbocycles. The lowest BCUT2D eigenvalue weighted by Gasteiger charge is -2.26. The predicted molar refractivity (Wildman–Crippen MR) is 96.8 cm³/mol. The summed E-state index contributed by atoms with van der Waals surface area (Å²) >= 11 is 9.01. The summed E-state index contributed by atoms with van der Waals surface area (Å²) in [4.78, 5) is 1.50. The zero-order valence-corrected chi connectivity index (χ0v) is 16.0. The maximum atomic E-state index is 5.54. The molecule has 0 spiro atoms. The van der Waals surface area contributed by atoms with E-state index in [2.05, 4.69) is 56.2 Å². The van der Waals surface area contributed by atoms with Gasteiger partial charge in [0.1, 0.15) is 5.75 Å². The SMILES string of the molecule is COc1cc(Br)cc(C)c1NC1CCCc2sc(Br)cc21. The molecule has 1 atom stereocenters. The van der Waals surface area contributed by atoms with E-state index in [1.54, 1.807) is 7.11 Å². The minimum Gasteiger partial charge on any atom is -0.495 e. The molecule has 5 heteroatoms. The first-order valence-electron chi connectivity index (χ1n) is 6.97. The number of methoxy groups -OCH3 is 1. The molecule has 0 amide bonds. The predicted octanol–water partition coefficient (Wildman–Crippen LogP) is 6.08. The van der Waals surface area contributed by atoms with Gasteiger partial charge in [-0.2, -0.15) is 0 Å². The molecule has 1 unspecified atom stereocenters. The van der Waals surface area contributed by atoms with Gasteiger partial charge in [0.15, 0.2) is 0 Å². The van der Waals surface area contributed by atoms with Gasteiger partial charge >= 0.3 is 0 Å². The first-order chi connectivity index (χ1) is 10.1. The smallest absolute Gasteiger partial charge is 0.143 e. The monoisotopic (exact) mass is 429 g/mol. The number of hydrogen-bond acceptors (Lipinski definition) is 3. The molecule has 0 saturated carbocycles. The lowest BCUT2D eigenvalue weighted by molar-refractivity contribution is 0.415. The van der Waals surface area contributed by atoms with E-state index in [1.165, 1.54) is 32.6 Å². The molecule has 1 aliphatic carbocycles. The highest BCUT2D eigenvalue weighted by Crippen LogP contribution is 2.42. The van der Waals surface area contributed by atoms with Crippen molar-refractivity contribution in [3.05, 3.63) is 42.5 Å². The Balaban J connectivity index is 1.95. The Kier molecular flexibility index (Phi) is 4.62. The van der Waals surface area contributed by atoms with Crippen molar-refractivity contribution < 1.29 is 4.74 Å². The van der Waals surface area contributed by atoms with Crippen molar-refractivity contribution in [3.8, 4) is 5.75 Å². The standard InChI is InChI=1S/C16H17Br2NOS/c1-9-6-10(17)7-13(20-2)16(9)19-12-4-3-5-14-11(12)8-15(18)21-14/h6-8,12,19H,3-5H2,1-2H3. The first kappa shape index (κ1) is 15.4. The molecule has 1 aliphatic rings. The summed E-state index contributed by atoms with van der Waals surface area (Å²) in [5.41, 5.74) is 3.73. The fourth-order valence-electron chi connectivity index (χ4n) is 2.90. The van der Waals surface area contributed by atoms with E-state index < -0.39 is 0 Å². The van der Waals surface area contributed by atoms with E-state index in [0.717, 1.165) is 22.3 Å². The van der Waals surface area contributed by atoms with E-state index >= 15 is 0 Å². The van der Waals surface area contributed by atoms with Crippen LogP contribution in [-0.4, -0.2) is 7.11 Å². The Hall–Kier alpha value is -0.520. The number of rotatable bonds is 3. The second-order valence-corrected chi connectivity index (χ2v) is 8.75. The van der Waals surface area contributed by atoms with Gasteiger partial charge in [0.2, 0.25) is 0 Å². The van der Waals surface area contributed by atoms with E-state index in [4.69, 9.17) is 4.74 Å². The Morgan fingerprint density at radius 2 is 2.10 bits per heavy atom. The number of benzene rings is 1. The summed E-state index contributed by atoms with van der Waals surface area (Å²) in [6, 6.07) is 6.77. The van der Waals surface area contributed by atoms with Crippen molar-refractivity contribution in [1.29, 1.82) is 0 Å². The van der Waals surface area contributed by atoms with Crippen molar-refractivity contribution in [2.75, 3.05) is 12.4 Å². The van der Waals surface area contributed by atoms with Crippen molar-refractivity contribution in [1.82, 2.24) is 0 Å². The van der Waals surface area contributed by atoms with E-state index in [1.807, 2.05) is 17.4 Å². The highest BCUT2D eigenvalue weighted by molar-refractivity contribution is 9.11. The Morgan fingerprint density at radius 1 is 1.29 bits per heavy atom. The van der Waals surface area contributed by atoms with Gasteiger partial charge in [0, 0.05) is 9.35 Å². The maximum absolute atomic E-state index is 5.54. The minimum atomic E-state index is 0.366. The van der Waals surface area contributed by atoms with Crippen LogP contribution in [0.4, 0.5) is 5.69 Å². The molecular weight excluding hydrogens is 414 g/mol. The number of anilines is 1. The Bertz CT molecular complexity index is 669. The molecule has 0 aliphatic heterocycles. The number of ether oxygens (including phenoxy) is 1. The number of thiophene rings is 1. The Labute approximate surface area is 146 Å². The largest absolute Gasteiger partial charge is 0.495 e. The lowest BCUT2D eigenvalue weighted by atomic mass is 9.93. The van der Waals surface area contributed by atoms with E-state index in [0.29, 0.717) is 6.04 Å². The highest BCUT2D eigenvalue weighted by Gasteiger charge is 2.24. The lowest BCUT2D eigenvalue weighted by Crippen LogP contribution is -2.16. The third-order valence-electron chi connectivity index (χ3n) is 3.89. The summed E-state index contributed by atoms with van der Waals surface area (Å²) in [6.45, 7) is 2.11. The minimum absolute atomic E-state index is 0.366. The van der Waals surface area contributed by atoms with Crippen LogP contribution >= 0.6 is 43.2 Å². The quantitative estimate of drug-likeness (QED) is 0.636. The fraction of sp³-hybridized carbons (Fsp3) is 0.375. The van der Waals surface area contributed by atoms with Crippen LogP contribution in [0.5, 0.6) is 5.75 Å². The second kappa shape index (κ2) is 6.31. The molecule has 0 saturated heterocycles. The molecule has 2 aromatic rings. The molecule has 0 fully saturated rings. The number of fused-ring (bicyclic) bond motifs is 1. The van der Waals surface area contributed by atoms with Crippen LogP contribution < -0.4 is 10.1 Å². The molecule has 1 heterocycles. The van der Waals surface area contributed by atoms with E-state index in [9.17, 15) is 0 Å². The van der Waals surface area contributed by atoms with Crippen molar-refractivity contribution in [3.63, 3.8) is 0 Å². The zero-order chi connectivity index (χ0) is 15.0. The number of aryl methyl sites for hydroxylation is 2. The number of hydrogen-bond donors (Lipinski definition) is 1. The summed E-state index contributed by atoms with van der Waals surface area (Å²) in [5.74, 6) is 0.892. The number of nitrogens with one attached hydrogen (secondary N) is 1. The van der Waals surface area contributed by atoms with Crippen LogP contribution in [0.25, 0.3) is 0 Å². The molecule has 0 radical (unpaired) electrons. The second-order valence-electron chi connectivity index (χ2n) is 5.32. The average Bonchev–Trinajstić information content (AvgIpc) is 2.82. The van der Waals surface area contributed by atoms with Crippen molar-refractivity contribution in [2.45, 2.75) is 32.2 Å². The van der Waals surface area contributed by atoms with E-state index in [-0.39, 0.29) is 0 Å². The summed E-state index contributed by atoms with van der Waals surface area (Å²) in [6.07, 6.45) is 3.59. The molecule has 21 heavy (non-hydrogen) atoms. The maximum Gasteiger partial charge on any atom is 0.143 e. The molecule has 1 aromatic heterocycles. The van der Waals surface area contributed by atoms with Gasteiger partial charge < -0.3 is 10.1 Å². The van der Waals surface area contributed by atoms with Gasteiger partial charge in [0.05, 0.1) is 22.6 Å². The molecule has 3 rings (SSSR count). The number of halogens is 2. The molecule has 1 N–H and O–H groups in total. The Morgan fingerprint density at radius 3 is 2.86 bits per heavy atom. The van der Waals surface area contributed by atoms with Gasteiger partial charge in [-0.05, 0) is 71.4 Å².